The van der Waals surface area contributed by atoms with E-state index < -0.39 is 11.7 Å². The number of hydrogen-bond acceptors (Lipinski definition) is 2. The molecule has 0 saturated carbocycles. The topological polar surface area (TPSA) is 34.0 Å². The molecule has 1 heterocycles. The first-order valence-electron chi connectivity index (χ1n) is 10.5. The van der Waals surface area contributed by atoms with Crippen molar-refractivity contribution < 1.29 is 18.0 Å². The van der Waals surface area contributed by atoms with Gasteiger partial charge in [-0.15, -0.1) is 11.8 Å². The highest BCUT2D eigenvalue weighted by Gasteiger charge is 2.30. The minimum atomic E-state index is -4.35. The Bertz CT molecular complexity index is 1260. The molecule has 33 heavy (non-hydrogen) atoms. The number of halogens is 3. The van der Waals surface area contributed by atoms with Gasteiger partial charge in [-0.1, -0.05) is 54.1 Å². The number of hydrogen-bond donors (Lipinski definition) is 1. The number of thioether (sulfide) groups is 1. The molecule has 170 valence electrons. The molecular weight excluding hydrogens is 445 g/mol. The Morgan fingerprint density at radius 2 is 1.76 bits per heavy atom. The summed E-state index contributed by atoms with van der Waals surface area (Å²) < 4.78 is 41.1. The van der Waals surface area contributed by atoms with Gasteiger partial charge in [-0.25, -0.2) is 0 Å². The number of aromatic nitrogens is 1. The van der Waals surface area contributed by atoms with E-state index in [0.717, 1.165) is 27.4 Å². The molecule has 0 bridgehead atoms. The number of nitrogens with one attached hydrogen (secondary N) is 1. The van der Waals surface area contributed by atoms with E-state index in [1.54, 1.807) is 18.2 Å². The number of carbonyl (C=O) groups excluding carboxylic acids is 1. The van der Waals surface area contributed by atoms with Gasteiger partial charge < -0.3 is 9.88 Å². The summed E-state index contributed by atoms with van der Waals surface area (Å²) in [6, 6.07) is 20.8. The minimum Gasteiger partial charge on any atom is -0.350 e. The zero-order valence-corrected chi connectivity index (χ0v) is 18.8. The van der Waals surface area contributed by atoms with Crippen molar-refractivity contribution in [3.05, 3.63) is 101 Å². The lowest BCUT2D eigenvalue weighted by Gasteiger charge is -2.08. The molecule has 0 fully saturated rings. The fraction of sp³-hybridized carbons (Fsp3) is 0.192. The molecule has 0 aliphatic rings. The van der Waals surface area contributed by atoms with Gasteiger partial charge in [0.05, 0.1) is 5.56 Å². The van der Waals surface area contributed by atoms with Crippen LogP contribution in [-0.2, 0) is 18.5 Å². The second-order valence-corrected chi connectivity index (χ2v) is 8.83. The molecule has 0 spiro atoms. The lowest BCUT2D eigenvalue weighted by molar-refractivity contribution is -0.137. The van der Waals surface area contributed by atoms with Crippen LogP contribution in [0, 0.1) is 6.92 Å². The van der Waals surface area contributed by atoms with Crippen molar-refractivity contribution in [1.29, 1.82) is 0 Å². The van der Waals surface area contributed by atoms with Gasteiger partial charge in [-0.2, -0.15) is 13.2 Å². The average Bonchev–Trinajstić information content (AvgIpc) is 3.15. The van der Waals surface area contributed by atoms with Crippen LogP contribution in [-0.4, -0.2) is 17.0 Å². The molecule has 3 aromatic carbocycles. The van der Waals surface area contributed by atoms with E-state index in [1.807, 2.05) is 49.5 Å². The van der Waals surface area contributed by atoms with Crippen LogP contribution in [0.5, 0.6) is 0 Å². The summed E-state index contributed by atoms with van der Waals surface area (Å²) >= 11 is 1.51. The Morgan fingerprint density at radius 3 is 2.52 bits per heavy atom. The molecule has 0 atom stereocenters. The number of para-hydroxylation sites is 1. The molecule has 4 aromatic rings. The average molecular weight is 469 g/mol. The van der Waals surface area contributed by atoms with Crippen LogP contribution in [0.15, 0.2) is 83.9 Å². The van der Waals surface area contributed by atoms with E-state index >= 15 is 0 Å². The van der Waals surface area contributed by atoms with Crippen molar-refractivity contribution in [2.75, 3.05) is 6.54 Å². The standard InChI is InChI=1S/C26H23F3N2OS/c1-18-9-11-20(12-10-18)25(32)30-13-14-31-16-24(22-7-2-3-8-23(22)31)33-17-19-5-4-6-21(15-19)26(27,28)29/h2-12,15-16H,13-14,17H2,1H3,(H,30,32). The SMILES string of the molecule is Cc1ccc(C(=O)NCCn2cc(SCc3cccc(C(F)(F)F)c3)c3ccccc32)cc1. The first kappa shape index (κ1) is 23.0. The van der Waals surface area contributed by atoms with Crippen LogP contribution in [0.4, 0.5) is 13.2 Å². The van der Waals surface area contributed by atoms with Crippen molar-refractivity contribution in [1.82, 2.24) is 9.88 Å². The van der Waals surface area contributed by atoms with Gasteiger partial charge in [0.15, 0.2) is 0 Å². The van der Waals surface area contributed by atoms with Gasteiger partial charge in [0.25, 0.3) is 5.91 Å². The molecular formula is C26H23F3N2OS. The number of alkyl halides is 3. The van der Waals surface area contributed by atoms with E-state index in [1.165, 1.54) is 23.9 Å². The van der Waals surface area contributed by atoms with Crippen molar-refractivity contribution in [2.45, 2.75) is 30.3 Å². The van der Waals surface area contributed by atoms with Gasteiger partial charge in [-0.3, -0.25) is 4.79 Å². The predicted octanol–water partition coefficient (Wildman–Crippen LogP) is 6.69. The molecule has 1 aromatic heterocycles. The Kier molecular flexibility index (Phi) is 6.79. The van der Waals surface area contributed by atoms with Gasteiger partial charge in [-0.05, 0) is 36.8 Å². The highest BCUT2D eigenvalue weighted by molar-refractivity contribution is 7.98. The number of fused-ring (bicyclic) bond motifs is 1. The first-order chi connectivity index (χ1) is 15.8. The molecule has 0 radical (unpaired) electrons. The quantitative estimate of drug-likeness (QED) is 0.307. The van der Waals surface area contributed by atoms with Crippen molar-refractivity contribution in [3.8, 4) is 0 Å². The van der Waals surface area contributed by atoms with Crippen LogP contribution in [0.25, 0.3) is 10.9 Å². The summed E-state index contributed by atoms with van der Waals surface area (Å²) in [5.74, 6) is 0.313. The second-order valence-electron chi connectivity index (χ2n) is 7.81. The van der Waals surface area contributed by atoms with Crippen LogP contribution < -0.4 is 5.32 Å². The number of carbonyl (C=O) groups is 1. The molecule has 1 N–H and O–H groups in total. The summed E-state index contributed by atoms with van der Waals surface area (Å²) in [5.41, 5.74) is 2.73. The van der Waals surface area contributed by atoms with Crippen LogP contribution in [0.1, 0.15) is 27.0 Å². The summed E-state index contributed by atoms with van der Waals surface area (Å²) in [4.78, 5) is 13.4. The number of nitrogens with zero attached hydrogens (tertiary/aromatic N) is 1. The zero-order chi connectivity index (χ0) is 23.4. The second kappa shape index (κ2) is 9.75. The van der Waals surface area contributed by atoms with Gasteiger partial charge in [0.2, 0.25) is 0 Å². The fourth-order valence-corrected chi connectivity index (χ4v) is 4.64. The largest absolute Gasteiger partial charge is 0.416 e. The van der Waals surface area contributed by atoms with E-state index in [9.17, 15) is 18.0 Å². The highest BCUT2D eigenvalue weighted by atomic mass is 32.2. The van der Waals surface area contributed by atoms with Gasteiger partial charge >= 0.3 is 6.18 Å². The molecule has 0 aliphatic heterocycles. The zero-order valence-electron chi connectivity index (χ0n) is 18.0. The predicted molar refractivity (Wildman–Crippen MR) is 126 cm³/mol. The molecule has 3 nitrogen and oxygen atoms in total. The Balaban J connectivity index is 1.44. The highest BCUT2D eigenvalue weighted by Crippen LogP contribution is 2.34. The maximum Gasteiger partial charge on any atom is 0.416 e. The van der Waals surface area contributed by atoms with Crippen molar-refractivity contribution in [2.24, 2.45) is 0 Å². The summed E-state index contributed by atoms with van der Waals surface area (Å²) in [6.45, 7) is 3.02. The Hall–Kier alpha value is -3.19. The number of rotatable bonds is 7. The van der Waals surface area contributed by atoms with Crippen LogP contribution >= 0.6 is 11.8 Å². The minimum absolute atomic E-state index is 0.120. The van der Waals surface area contributed by atoms with Gasteiger partial charge in [0, 0.05) is 46.4 Å². The molecule has 0 saturated heterocycles. The van der Waals surface area contributed by atoms with E-state index in [-0.39, 0.29) is 5.91 Å². The molecule has 0 aliphatic carbocycles. The van der Waals surface area contributed by atoms with E-state index in [4.69, 9.17) is 0 Å². The summed E-state index contributed by atoms with van der Waals surface area (Å²) in [6.07, 6.45) is -2.35. The summed E-state index contributed by atoms with van der Waals surface area (Å²) in [7, 11) is 0. The number of benzene rings is 3. The Morgan fingerprint density at radius 1 is 1.00 bits per heavy atom. The number of aryl methyl sites for hydroxylation is 1. The lowest BCUT2D eigenvalue weighted by atomic mass is 10.1. The van der Waals surface area contributed by atoms with E-state index in [0.29, 0.717) is 30.0 Å². The molecule has 0 unspecified atom stereocenters. The van der Waals surface area contributed by atoms with Crippen molar-refractivity contribution in [3.63, 3.8) is 0 Å². The fourth-order valence-electron chi connectivity index (χ4n) is 3.61. The smallest absolute Gasteiger partial charge is 0.350 e. The summed E-state index contributed by atoms with van der Waals surface area (Å²) in [5, 5.41) is 3.99. The number of amides is 1. The molecule has 1 amide bonds. The maximum absolute atomic E-state index is 13.0. The van der Waals surface area contributed by atoms with Gasteiger partial charge in [0.1, 0.15) is 0 Å². The van der Waals surface area contributed by atoms with Crippen LogP contribution in [0.2, 0.25) is 0 Å². The third-order valence-electron chi connectivity index (χ3n) is 5.35. The molecule has 4 rings (SSSR count). The third kappa shape index (κ3) is 5.60. The van der Waals surface area contributed by atoms with Crippen LogP contribution in [0.3, 0.4) is 0 Å². The third-order valence-corrected chi connectivity index (χ3v) is 6.47. The lowest BCUT2D eigenvalue weighted by Crippen LogP contribution is -2.27. The normalized spacial score (nSPS) is 11.6. The monoisotopic (exact) mass is 468 g/mol. The van der Waals surface area contributed by atoms with E-state index in [2.05, 4.69) is 9.88 Å². The first-order valence-corrected chi connectivity index (χ1v) is 11.5. The molecule has 7 heteroatoms. The van der Waals surface area contributed by atoms with Crippen molar-refractivity contribution >= 4 is 28.6 Å². The Labute approximate surface area is 194 Å². The maximum atomic E-state index is 13.0.